The third-order valence-electron chi connectivity index (χ3n) is 2.92. The van der Waals surface area contributed by atoms with Gasteiger partial charge in [0.2, 0.25) is 0 Å². The number of hydrogen-bond donors (Lipinski definition) is 1. The predicted molar refractivity (Wildman–Crippen MR) is 79.9 cm³/mol. The summed E-state index contributed by atoms with van der Waals surface area (Å²) in [5, 5.41) is 0.0751. The Morgan fingerprint density at radius 2 is 1.79 bits per heavy atom. The SMILES string of the molecule is COC(=O)c1ccc(Cl)cc1NS(=O)(=O)c1ccc(F)c(F)c1F. The molecule has 0 bridgehead atoms. The van der Waals surface area contributed by atoms with E-state index in [2.05, 4.69) is 4.74 Å². The van der Waals surface area contributed by atoms with E-state index in [4.69, 9.17) is 11.6 Å². The van der Waals surface area contributed by atoms with E-state index in [1.165, 1.54) is 12.1 Å². The lowest BCUT2D eigenvalue weighted by molar-refractivity contribution is 0.0602. The van der Waals surface area contributed by atoms with Gasteiger partial charge in [0.1, 0.15) is 4.90 Å². The van der Waals surface area contributed by atoms with E-state index in [9.17, 15) is 26.4 Å². The maximum atomic E-state index is 13.7. The molecule has 128 valence electrons. The van der Waals surface area contributed by atoms with Gasteiger partial charge in [-0.15, -0.1) is 0 Å². The first-order chi connectivity index (χ1) is 11.2. The number of rotatable bonds is 4. The molecule has 0 saturated carbocycles. The predicted octanol–water partition coefficient (Wildman–Crippen LogP) is 3.34. The second kappa shape index (κ2) is 6.70. The zero-order valence-corrected chi connectivity index (χ0v) is 13.5. The van der Waals surface area contributed by atoms with Crippen LogP contribution in [-0.4, -0.2) is 21.5 Å². The van der Waals surface area contributed by atoms with Crippen molar-refractivity contribution in [1.29, 1.82) is 0 Å². The van der Waals surface area contributed by atoms with Crippen LogP contribution in [-0.2, 0) is 14.8 Å². The molecule has 10 heteroatoms. The molecule has 0 aliphatic rings. The van der Waals surface area contributed by atoms with Crippen molar-refractivity contribution in [3.63, 3.8) is 0 Å². The molecule has 2 aromatic rings. The van der Waals surface area contributed by atoms with Crippen LogP contribution in [0.2, 0.25) is 5.02 Å². The first-order valence-corrected chi connectivity index (χ1v) is 8.07. The normalized spacial score (nSPS) is 11.2. The maximum Gasteiger partial charge on any atom is 0.339 e. The van der Waals surface area contributed by atoms with Crippen molar-refractivity contribution in [3.8, 4) is 0 Å². The number of sulfonamides is 1. The topological polar surface area (TPSA) is 72.5 Å². The van der Waals surface area contributed by atoms with Crippen LogP contribution in [0, 0.1) is 17.5 Å². The van der Waals surface area contributed by atoms with E-state index in [1.54, 1.807) is 0 Å². The summed E-state index contributed by atoms with van der Waals surface area (Å²) in [6, 6.07) is 4.60. The lowest BCUT2D eigenvalue weighted by atomic mass is 10.2. The molecule has 0 amide bonds. The van der Waals surface area contributed by atoms with Crippen LogP contribution >= 0.6 is 11.6 Å². The molecule has 1 N–H and O–H groups in total. The lowest BCUT2D eigenvalue weighted by Gasteiger charge is -2.12. The lowest BCUT2D eigenvalue weighted by Crippen LogP contribution is -2.18. The molecule has 2 aromatic carbocycles. The Labute approximate surface area is 140 Å². The van der Waals surface area contributed by atoms with Crippen LogP contribution in [0.25, 0.3) is 0 Å². The second-order valence-electron chi connectivity index (χ2n) is 4.46. The summed E-state index contributed by atoms with van der Waals surface area (Å²) < 4.78 is 70.7. The largest absolute Gasteiger partial charge is 0.465 e. The fraction of sp³-hybridized carbons (Fsp3) is 0.0714. The van der Waals surface area contributed by atoms with Gasteiger partial charge in [0.05, 0.1) is 18.4 Å². The average Bonchev–Trinajstić information content (AvgIpc) is 2.51. The molecule has 0 spiro atoms. The van der Waals surface area contributed by atoms with Gasteiger partial charge in [-0.3, -0.25) is 4.72 Å². The van der Waals surface area contributed by atoms with Crippen LogP contribution < -0.4 is 4.72 Å². The van der Waals surface area contributed by atoms with Crippen LogP contribution in [0.5, 0.6) is 0 Å². The highest BCUT2D eigenvalue weighted by Crippen LogP contribution is 2.26. The number of benzene rings is 2. The summed E-state index contributed by atoms with van der Waals surface area (Å²) in [5.41, 5.74) is -0.507. The third kappa shape index (κ3) is 3.46. The van der Waals surface area contributed by atoms with Crippen LogP contribution in [0.3, 0.4) is 0 Å². The van der Waals surface area contributed by atoms with Crippen molar-refractivity contribution in [2.75, 3.05) is 11.8 Å². The molecule has 0 aromatic heterocycles. The Morgan fingerprint density at radius 3 is 2.42 bits per heavy atom. The molecule has 0 heterocycles. The molecule has 0 unspecified atom stereocenters. The van der Waals surface area contributed by atoms with Gasteiger partial charge in [-0.1, -0.05) is 11.6 Å². The van der Waals surface area contributed by atoms with Crippen molar-refractivity contribution >= 4 is 33.3 Å². The highest BCUT2D eigenvalue weighted by Gasteiger charge is 2.26. The molecule has 0 fully saturated rings. The van der Waals surface area contributed by atoms with Gasteiger partial charge in [-0.05, 0) is 30.3 Å². The van der Waals surface area contributed by atoms with Crippen LogP contribution in [0.1, 0.15) is 10.4 Å². The summed E-state index contributed by atoms with van der Waals surface area (Å²) in [6.07, 6.45) is 0. The van der Waals surface area contributed by atoms with Gasteiger partial charge >= 0.3 is 5.97 Å². The standard InChI is InChI=1S/C14H9ClF3NO4S/c1-23-14(20)8-3-2-7(15)6-10(8)19-24(21,22)11-5-4-9(16)12(17)13(11)18/h2-6,19H,1H3. The number of ether oxygens (including phenoxy) is 1. The first kappa shape index (κ1) is 18.1. The summed E-state index contributed by atoms with van der Waals surface area (Å²) in [5.74, 6) is -6.24. The van der Waals surface area contributed by atoms with E-state index in [0.717, 1.165) is 13.2 Å². The monoisotopic (exact) mass is 379 g/mol. The Kier molecular flexibility index (Phi) is 5.05. The van der Waals surface area contributed by atoms with Crippen molar-refractivity contribution in [2.24, 2.45) is 0 Å². The number of nitrogens with one attached hydrogen (secondary N) is 1. The fourth-order valence-electron chi connectivity index (χ4n) is 1.80. The number of halogens is 4. The van der Waals surface area contributed by atoms with Crippen molar-refractivity contribution in [1.82, 2.24) is 0 Å². The van der Waals surface area contributed by atoms with Crippen LogP contribution in [0.15, 0.2) is 35.2 Å². The Balaban J connectivity index is 2.53. The van der Waals surface area contributed by atoms with Crippen molar-refractivity contribution in [2.45, 2.75) is 4.90 Å². The summed E-state index contributed by atoms with van der Waals surface area (Å²) in [4.78, 5) is 10.5. The van der Waals surface area contributed by atoms with E-state index in [-0.39, 0.29) is 16.3 Å². The van der Waals surface area contributed by atoms with Crippen molar-refractivity contribution in [3.05, 3.63) is 58.4 Å². The smallest absolute Gasteiger partial charge is 0.339 e. The molecule has 0 atom stereocenters. The molecule has 5 nitrogen and oxygen atoms in total. The van der Waals surface area contributed by atoms with Gasteiger partial charge in [-0.2, -0.15) is 0 Å². The summed E-state index contributed by atoms with van der Waals surface area (Å²) >= 11 is 5.75. The first-order valence-electron chi connectivity index (χ1n) is 6.21. The molecular weight excluding hydrogens is 371 g/mol. The van der Waals surface area contributed by atoms with E-state index < -0.39 is 38.3 Å². The number of carbonyl (C=O) groups is 1. The van der Waals surface area contributed by atoms with Crippen molar-refractivity contribution < 1.29 is 31.1 Å². The van der Waals surface area contributed by atoms with Gasteiger partial charge in [0.25, 0.3) is 10.0 Å². The Hall–Kier alpha value is -2.26. The van der Waals surface area contributed by atoms with Gasteiger partial charge in [0, 0.05) is 5.02 Å². The second-order valence-corrected chi connectivity index (χ2v) is 6.55. The molecule has 0 saturated heterocycles. The minimum atomic E-state index is -4.66. The third-order valence-corrected chi connectivity index (χ3v) is 4.54. The zero-order valence-electron chi connectivity index (χ0n) is 11.9. The fourth-order valence-corrected chi connectivity index (χ4v) is 3.12. The summed E-state index contributed by atoms with van der Waals surface area (Å²) in [6.45, 7) is 0. The minimum absolute atomic E-state index is 0.0751. The number of hydrogen-bond acceptors (Lipinski definition) is 4. The zero-order chi connectivity index (χ0) is 18.1. The maximum absolute atomic E-state index is 13.7. The number of methoxy groups -OCH3 is 1. The van der Waals surface area contributed by atoms with Crippen LogP contribution in [0.4, 0.5) is 18.9 Å². The number of carbonyl (C=O) groups excluding carboxylic acids is 1. The number of esters is 1. The quantitative estimate of drug-likeness (QED) is 0.653. The van der Waals surface area contributed by atoms with Gasteiger partial charge in [0.15, 0.2) is 17.5 Å². The van der Waals surface area contributed by atoms with E-state index >= 15 is 0 Å². The van der Waals surface area contributed by atoms with Gasteiger partial charge in [-0.25, -0.2) is 26.4 Å². The molecule has 0 radical (unpaired) electrons. The highest BCUT2D eigenvalue weighted by atomic mass is 35.5. The Morgan fingerprint density at radius 1 is 1.12 bits per heavy atom. The average molecular weight is 380 g/mol. The van der Waals surface area contributed by atoms with Gasteiger partial charge < -0.3 is 4.74 Å². The van der Waals surface area contributed by atoms with E-state index in [1.807, 2.05) is 4.72 Å². The molecular formula is C14H9ClF3NO4S. The molecule has 24 heavy (non-hydrogen) atoms. The Bertz CT molecular complexity index is 918. The molecule has 0 aliphatic carbocycles. The summed E-state index contributed by atoms with van der Waals surface area (Å²) in [7, 11) is -3.59. The molecule has 0 aliphatic heterocycles. The number of anilines is 1. The molecule has 2 rings (SSSR count). The minimum Gasteiger partial charge on any atom is -0.465 e. The van der Waals surface area contributed by atoms with E-state index in [0.29, 0.717) is 12.1 Å². The highest BCUT2D eigenvalue weighted by molar-refractivity contribution is 7.92.